The molecule has 3 aromatic rings. The summed E-state index contributed by atoms with van der Waals surface area (Å²) in [5.74, 6) is -0.0495. The van der Waals surface area contributed by atoms with Crippen LogP contribution in [0.3, 0.4) is 0 Å². The largest absolute Gasteiger partial charge is 0.392 e. The van der Waals surface area contributed by atoms with Crippen LogP contribution in [-0.4, -0.2) is 31.9 Å². The zero-order valence-electron chi connectivity index (χ0n) is 13.4. The number of anilines is 1. The first-order valence-electron chi connectivity index (χ1n) is 7.34. The molecule has 0 radical (unpaired) electrons. The van der Waals surface area contributed by atoms with Gasteiger partial charge in [0, 0.05) is 17.2 Å². The fraction of sp³-hybridized carbons (Fsp3) is 0.125. The summed E-state index contributed by atoms with van der Waals surface area (Å²) in [5.41, 5.74) is 3.81. The number of halogens is 1. The van der Waals surface area contributed by atoms with Crippen molar-refractivity contribution in [1.82, 2.24) is 15.0 Å². The Labute approximate surface area is 162 Å². The highest BCUT2D eigenvalue weighted by atomic mass is 35.5. The minimum Gasteiger partial charge on any atom is -0.392 e. The van der Waals surface area contributed by atoms with Crippen LogP contribution in [0.1, 0.15) is 12.5 Å². The monoisotopic (exact) mass is 408 g/mol. The molecule has 1 aliphatic heterocycles. The molecule has 4 heterocycles. The molecule has 1 aliphatic rings. The number of aromatic nitrogens is 2. The van der Waals surface area contributed by atoms with E-state index in [1.807, 2.05) is 17.5 Å². The third kappa shape index (κ3) is 2.99. The van der Waals surface area contributed by atoms with E-state index in [4.69, 9.17) is 0 Å². The molecule has 134 valence electrons. The molecule has 0 saturated carbocycles. The van der Waals surface area contributed by atoms with Crippen molar-refractivity contribution in [2.75, 3.05) is 5.43 Å². The lowest BCUT2D eigenvalue weighted by Gasteiger charge is -2.17. The van der Waals surface area contributed by atoms with Crippen LogP contribution in [-0.2, 0) is 16.2 Å². The smallest absolute Gasteiger partial charge is 0.275 e. The van der Waals surface area contributed by atoms with E-state index in [1.54, 1.807) is 12.3 Å². The maximum absolute atomic E-state index is 12.1. The van der Waals surface area contributed by atoms with Gasteiger partial charge >= 0.3 is 0 Å². The SMILES string of the molecule is CC1=CC(=O)N(Nc2nc(-c3cccs3)nc3scc(CO)c23)C1=O.Cl. The zero-order valence-corrected chi connectivity index (χ0v) is 15.9. The maximum atomic E-state index is 12.1. The van der Waals surface area contributed by atoms with E-state index in [0.717, 1.165) is 9.89 Å². The Bertz CT molecular complexity index is 1030. The molecule has 0 unspecified atom stereocenters. The van der Waals surface area contributed by atoms with Crippen molar-refractivity contribution in [3.8, 4) is 10.7 Å². The van der Waals surface area contributed by atoms with Crippen LogP contribution in [0.5, 0.6) is 0 Å². The second kappa shape index (κ2) is 7.12. The third-order valence-electron chi connectivity index (χ3n) is 3.74. The quantitative estimate of drug-likeness (QED) is 0.644. The number of nitrogens with one attached hydrogen (secondary N) is 1. The average molecular weight is 409 g/mol. The third-order valence-corrected chi connectivity index (χ3v) is 5.53. The summed E-state index contributed by atoms with van der Waals surface area (Å²) in [7, 11) is 0. The Hall–Kier alpha value is -2.33. The van der Waals surface area contributed by atoms with Crippen molar-refractivity contribution in [2.45, 2.75) is 13.5 Å². The van der Waals surface area contributed by atoms with Gasteiger partial charge < -0.3 is 5.11 Å². The topological polar surface area (TPSA) is 95.4 Å². The number of nitrogens with zero attached hydrogens (tertiary/aromatic N) is 3. The van der Waals surface area contributed by atoms with E-state index in [9.17, 15) is 14.7 Å². The van der Waals surface area contributed by atoms with Gasteiger partial charge in [0.25, 0.3) is 11.8 Å². The predicted molar refractivity (Wildman–Crippen MR) is 103 cm³/mol. The number of carbonyl (C=O) groups excluding carboxylic acids is 2. The van der Waals surface area contributed by atoms with Gasteiger partial charge in [0.2, 0.25) is 0 Å². The number of amides is 2. The molecule has 10 heteroatoms. The minimum absolute atomic E-state index is 0. The molecular formula is C16H13ClN4O3S2. The molecule has 0 saturated heterocycles. The summed E-state index contributed by atoms with van der Waals surface area (Å²) in [6.45, 7) is 1.40. The van der Waals surface area contributed by atoms with Crippen LogP contribution in [0.2, 0.25) is 0 Å². The second-order valence-electron chi connectivity index (χ2n) is 5.39. The van der Waals surface area contributed by atoms with Gasteiger partial charge in [-0.25, -0.2) is 9.97 Å². The number of fused-ring (bicyclic) bond motifs is 1. The molecule has 2 amide bonds. The zero-order chi connectivity index (χ0) is 17.6. The van der Waals surface area contributed by atoms with Gasteiger partial charge in [-0.3, -0.25) is 15.0 Å². The van der Waals surface area contributed by atoms with Gasteiger partial charge in [0.15, 0.2) is 11.6 Å². The molecular weight excluding hydrogens is 396 g/mol. The lowest BCUT2D eigenvalue weighted by molar-refractivity contribution is -0.135. The van der Waals surface area contributed by atoms with Gasteiger partial charge in [-0.05, 0) is 23.8 Å². The molecule has 0 aromatic carbocycles. The molecule has 0 atom stereocenters. The molecule has 0 fully saturated rings. The highest BCUT2D eigenvalue weighted by Crippen LogP contribution is 2.34. The normalized spacial score (nSPS) is 13.9. The number of imide groups is 1. The van der Waals surface area contributed by atoms with Gasteiger partial charge in [-0.2, -0.15) is 5.01 Å². The summed E-state index contributed by atoms with van der Waals surface area (Å²) >= 11 is 2.87. The Morgan fingerprint density at radius 3 is 2.69 bits per heavy atom. The highest BCUT2D eigenvalue weighted by Gasteiger charge is 2.30. The summed E-state index contributed by atoms with van der Waals surface area (Å²) in [5, 5.41) is 14.8. The van der Waals surface area contributed by atoms with Crippen LogP contribution >= 0.6 is 35.1 Å². The first-order chi connectivity index (χ1) is 12.1. The number of thiophene rings is 2. The summed E-state index contributed by atoms with van der Waals surface area (Å²) in [6, 6.07) is 3.79. The summed E-state index contributed by atoms with van der Waals surface area (Å²) in [4.78, 5) is 34.8. The van der Waals surface area contributed by atoms with E-state index in [1.165, 1.54) is 28.7 Å². The molecule has 7 nitrogen and oxygen atoms in total. The van der Waals surface area contributed by atoms with Crippen LogP contribution in [0.25, 0.3) is 20.9 Å². The van der Waals surface area contributed by atoms with E-state index >= 15 is 0 Å². The molecule has 3 aromatic heterocycles. The Morgan fingerprint density at radius 2 is 2.08 bits per heavy atom. The summed E-state index contributed by atoms with van der Waals surface area (Å²) in [6.07, 6.45) is 1.27. The molecule has 26 heavy (non-hydrogen) atoms. The molecule has 0 aliphatic carbocycles. The van der Waals surface area contributed by atoms with Crippen molar-refractivity contribution in [1.29, 1.82) is 0 Å². The molecule has 0 spiro atoms. The Kier molecular flexibility index (Phi) is 5.05. The fourth-order valence-corrected chi connectivity index (χ4v) is 4.10. The number of rotatable bonds is 4. The van der Waals surface area contributed by atoms with Crippen LogP contribution < -0.4 is 5.43 Å². The fourth-order valence-electron chi connectivity index (χ4n) is 2.51. The lowest BCUT2D eigenvalue weighted by Crippen LogP contribution is -2.36. The standard InChI is InChI=1S/C16H12N4O3S2.ClH/c1-8-5-11(22)20(16(8)23)19-14-12-9(6-21)7-25-15(12)18-13(17-14)10-3-2-4-24-10;/h2-5,7,21H,6H2,1H3,(H,17,18,19);1H. The van der Waals surface area contributed by atoms with Crippen molar-refractivity contribution < 1.29 is 14.7 Å². The van der Waals surface area contributed by atoms with Gasteiger partial charge in [0.1, 0.15) is 4.83 Å². The molecule has 4 rings (SSSR count). The molecule has 0 bridgehead atoms. The van der Waals surface area contributed by atoms with E-state index in [-0.39, 0.29) is 19.0 Å². The van der Waals surface area contributed by atoms with Gasteiger partial charge in [-0.1, -0.05) is 6.07 Å². The van der Waals surface area contributed by atoms with Gasteiger partial charge in [0.05, 0.1) is 16.9 Å². The van der Waals surface area contributed by atoms with E-state index < -0.39 is 11.8 Å². The number of hydrogen-bond acceptors (Lipinski definition) is 8. The Balaban J connectivity index is 0.00000196. The maximum Gasteiger partial charge on any atom is 0.275 e. The lowest BCUT2D eigenvalue weighted by atomic mass is 10.2. The number of aliphatic hydroxyl groups is 1. The van der Waals surface area contributed by atoms with Crippen molar-refractivity contribution in [3.63, 3.8) is 0 Å². The number of hydrazine groups is 1. The van der Waals surface area contributed by atoms with E-state index in [0.29, 0.717) is 33.0 Å². The first kappa shape index (κ1) is 18.5. The van der Waals surface area contributed by atoms with Crippen LogP contribution in [0, 0.1) is 0 Å². The highest BCUT2D eigenvalue weighted by molar-refractivity contribution is 7.17. The number of carbonyl (C=O) groups is 2. The van der Waals surface area contributed by atoms with Crippen molar-refractivity contribution >= 4 is 62.9 Å². The van der Waals surface area contributed by atoms with Crippen molar-refractivity contribution in [3.05, 3.63) is 40.1 Å². The second-order valence-corrected chi connectivity index (χ2v) is 7.20. The first-order valence-corrected chi connectivity index (χ1v) is 9.10. The minimum atomic E-state index is -0.451. The number of aliphatic hydroxyl groups excluding tert-OH is 1. The van der Waals surface area contributed by atoms with Crippen LogP contribution in [0.4, 0.5) is 5.82 Å². The van der Waals surface area contributed by atoms with Crippen LogP contribution in [0.15, 0.2) is 34.5 Å². The predicted octanol–water partition coefficient (Wildman–Crippen LogP) is 2.98. The summed E-state index contributed by atoms with van der Waals surface area (Å²) < 4.78 is 0. The molecule has 2 N–H and O–H groups in total. The Morgan fingerprint density at radius 1 is 1.27 bits per heavy atom. The van der Waals surface area contributed by atoms with Crippen molar-refractivity contribution in [2.24, 2.45) is 0 Å². The average Bonchev–Trinajstić information content (AvgIpc) is 3.31. The van der Waals surface area contributed by atoms with E-state index in [2.05, 4.69) is 15.4 Å². The van der Waals surface area contributed by atoms with Gasteiger partial charge in [-0.15, -0.1) is 35.1 Å². The number of hydrogen-bond donors (Lipinski definition) is 2.